The van der Waals surface area contributed by atoms with E-state index < -0.39 is 21.7 Å². The highest BCUT2D eigenvalue weighted by atomic mass is 31.3. The molecule has 0 aliphatic carbocycles. The van der Waals surface area contributed by atoms with Crippen molar-refractivity contribution in [2.75, 3.05) is 29.3 Å². The van der Waals surface area contributed by atoms with Crippen LogP contribution in [0.15, 0.2) is 30.5 Å². The Hall–Kier alpha value is -1.51. The number of aromatic nitrogens is 1. The molecule has 1 aromatic heterocycles. The van der Waals surface area contributed by atoms with Gasteiger partial charge in [-0.3, -0.25) is 9.65 Å². The van der Waals surface area contributed by atoms with Crippen molar-refractivity contribution in [1.82, 2.24) is 4.98 Å². The lowest BCUT2D eigenvalue weighted by atomic mass is 10.1. The van der Waals surface area contributed by atoms with Crippen LogP contribution in [-0.2, 0) is 18.2 Å². The molecule has 3 N–H and O–H groups in total. The first-order chi connectivity index (χ1) is 12.7. The van der Waals surface area contributed by atoms with Crippen LogP contribution in [0.5, 0.6) is 0 Å². The molecule has 2 unspecified atom stereocenters. The SMILES string of the molecule is CCOCC1N(CC)c2c(cnc3ccccc23)N1P(=O)(O)OP(=O)(O)O. The number of rotatable bonds is 7. The number of ether oxygens (including phenoxy) is 1. The lowest BCUT2D eigenvalue weighted by molar-refractivity contribution is 0.133. The number of pyridine rings is 1. The van der Waals surface area contributed by atoms with Gasteiger partial charge in [0.05, 0.1) is 29.7 Å². The molecule has 10 nitrogen and oxygen atoms in total. The van der Waals surface area contributed by atoms with Crippen LogP contribution in [-0.4, -0.2) is 45.6 Å². The molecule has 3 rings (SSSR count). The predicted octanol–water partition coefficient (Wildman–Crippen LogP) is 2.45. The van der Waals surface area contributed by atoms with Crippen LogP contribution in [0.25, 0.3) is 10.9 Å². The summed E-state index contributed by atoms with van der Waals surface area (Å²) in [6.07, 6.45) is 0.609. The summed E-state index contributed by atoms with van der Waals surface area (Å²) < 4.78 is 34.8. The molecule has 27 heavy (non-hydrogen) atoms. The first-order valence-electron chi connectivity index (χ1n) is 8.31. The zero-order chi connectivity index (χ0) is 19.8. The van der Waals surface area contributed by atoms with E-state index in [4.69, 9.17) is 14.5 Å². The molecule has 12 heteroatoms. The zero-order valence-electron chi connectivity index (χ0n) is 14.8. The quantitative estimate of drug-likeness (QED) is 0.577. The van der Waals surface area contributed by atoms with E-state index in [-0.39, 0.29) is 12.3 Å². The number of anilines is 2. The fourth-order valence-corrected chi connectivity index (χ4v) is 5.63. The second-order valence-corrected chi connectivity index (χ2v) is 8.89. The Labute approximate surface area is 156 Å². The summed E-state index contributed by atoms with van der Waals surface area (Å²) in [7, 11) is -10.1. The predicted molar refractivity (Wildman–Crippen MR) is 100 cm³/mol. The summed E-state index contributed by atoms with van der Waals surface area (Å²) in [4.78, 5) is 34.7. The smallest absolute Gasteiger partial charge is 0.378 e. The molecule has 2 heterocycles. The van der Waals surface area contributed by atoms with Gasteiger partial charge in [-0.25, -0.2) is 9.13 Å². The number of benzene rings is 1. The van der Waals surface area contributed by atoms with E-state index in [1.807, 2.05) is 36.1 Å². The van der Waals surface area contributed by atoms with E-state index in [9.17, 15) is 14.0 Å². The number of phosphoric acid groups is 1. The minimum Gasteiger partial charge on any atom is -0.378 e. The maximum absolute atomic E-state index is 12.8. The average Bonchev–Trinajstić information content (AvgIpc) is 2.92. The number of hydrogen-bond acceptors (Lipinski definition) is 6. The number of hydrogen-bond donors (Lipinski definition) is 3. The maximum Gasteiger partial charge on any atom is 0.478 e. The molecular formula is C15H21N3O7P2. The fraction of sp³-hybridized carbons (Fsp3) is 0.400. The topological polar surface area (TPSA) is 133 Å². The highest BCUT2D eigenvalue weighted by Gasteiger charge is 2.49. The Morgan fingerprint density at radius 1 is 1.19 bits per heavy atom. The molecule has 2 atom stereocenters. The molecular weight excluding hydrogens is 396 g/mol. The molecule has 0 saturated carbocycles. The van der Waals surface area contributed by atoms with Gasteiger partial charge >= 0.3 is 15.6 Å². The first-order valence-corrected chi connectivity index (χ1v) is 11.4. The Morgan fingerprint density at radius 2 is 1.89 bits per heavy atom. The molecule has 1 aliphatic rings. The van der Waals surface area contributed by atoms with Gasteiger partial charge in [0.1, 0.15) is 6.17 Å². The van der Waals surface area contributed by atoms with Gasteiger partial charge in [0, 0.05) is 18.5 Å². The van der Waals surface area contributed by atoms with Gasteiger partial charge in [-0.05, 0) is 19.9 Å². The minimum atomic E-state index is -5.21. The molecule has 1 aromatic carbocycles. The van der Waals surface area contributed by atoms with Crippen molar-refractivity contribution < 1.29 is 32.9 Å². The molecule has 2 aromatic rings. The van der Waals surface area contributed by atoms with Gasteiger partial charge in [-0.15, -0.1) is 0 Å². The molecule has 1 aliphatic heterocycles. The first kappa shape index (κ1) is 20.2. The minimum absolute atomic E-state index is 0.0302. The standard InChI is InChI=1S/C15H21N3O7P2/c1-3-17-14(10-24-4-2)18(26(19,20)25-27(21,22)23)13-9-16-12-8-6-5-7-11(12)15(13)17/h5-9,14H,3-4,10H2,1-2H3,(H,19,20)(H2,21,22,23). The highest BCUT2D eigenvalue weighted by molar-refractivity contribution is 7.64. The number of likely N-dealkylation sites (N-methyl/N-ethyl adjacent to an activating group) is 1. The van der Waals surface area contributed by atoms with Crippen molar-refractivity contribution in [2.24, 2.45) is 0 Å². The van der Waals surface area contributed by atoms with Crippen LogP contribution in [0.4, 0.5) is 11.4 Å². The van der Waals surface area contributed by atoms with E-state index in [1.165, 1.54) is 6.20 Å². The van der Waals surface area contributed by atoms with E-state index in [2.05, 4.69) is 9.29 Å². The third kappa shape index (κ3) is 3.88. The number of fused-ring (bicyclic) bond motifs is 3. The van der Waals surface area contributed by atoms with Crippen molar-refractivity contribution in [3.8, 4) is 0 Å². The van der Waals surface area contributed by atoms with Crippen LogP contribution < -0.4 is 9.57 Å². The lowest BCUT2D eigenvalue weighted by Crippen LogP contribution is -2.45. The molecule has 0 spiro atoms. The summed E-state index contributed by atoms with van der Waals surface area (Å²) in [5.74, 6) is 0. The van der Waals surface area contributed by atoms with Crippen molar-refractivity contribution in [2.45, 2.75) is 20.0 Å². The summed E-state index contributed by atoms with van der Waals surface area (Å²) in [6, 6.07) is 7.30. The van der Waals surface area contributed by atoms with Crippen LogP contribution in [0.2, 0.25) is 0 Å². The zero-order valence-corrected chi connectivity index (χ0v) is 16.6. The van der Waals surface area contributed by atoms with E-state index >= 15 is 0 Å². The molecule has 0 amide bonds. The number of nitrogens with zero attached hydrogens (tertiary/aromatic N) is 3. The second-order valence-electron chi connectivity index (χ2n) is 5.84. The fourth-order valence-electron chi connectivity index (χ4n) is 3.26. The molecule has 0 radical (unpaired) electrons. The molecule has 148 valence electrons. The van der Waals surface area contributed by atoms with Crippen LogP contribution >= 0.6 is 15.6 Å². The van der Waals surface area contributed by atoms with E-state index in [1.54, 1.807) is 6.92 Å². The Kier molecular flexibility index (Phi) is 5.61. The van der Waals surface area contributed by atoms with Gasteiger partial charge in [0.25, 0.3) is 0 Å². The third-order valence-corrected chi connectivity index (χ3v) is 6.93. The van der Waals surface area contributed by atoms with Crippen LogP contribution in [0.3, 0.4) is 0 Å². The van der Waals surface area contributed by atoms with Gasteiger partial charge in [0.2, 0.25) is 0 Å². The Morgan fingerprint density at radius 3 is 2.52 bits per heavy atom. The Bertz CT molecular complexity index is 935. The summed E-state index contributed by atoms with van der Waals surface area (Å²) in [5, 5.41) is 0.747. The van der Waals surface area contributed by atoms with Gasteiger partial charge in [-0.2, -0.15) is 4.31 Å². The van der Waals surface area contributed by atoms with Crippen molar-refractivity contribution in [3.63, 3.8) is 0 Å². The van der Waals surface area contributed by atoms with Crippen molar-refractivity contribution in [1.29, 1.82) is 0 Å². The van der Waals surface area contributed by atoms with Crippen molar-refractivity contribution in [3.05, 3.63) is 30.5 Å². The summed E-state index contributed by atoms with van der Waals surface area (Å²) in [5.41, 5.74) is 1.58. The Balaban J connectivity index is 2.20. The molecule has 0 fully saturated rings. The monoisotopic (exact) mass is 417 g/mol. The molecule has 0 bridgehead atoms. The van der Waals surface area contributed by atoms with Crippen LogP contribution in [0.1, 0.15) is 13.8 Å². The van der Waals surface area contributed by atoms with Crippen molar-refractivity contribution >= 4 is 37.8 Å². The molecule has 0 saturated heterocycles. The van der Waals surface area contributed by atoms with Gasteiger partial charge in [0.15, 0.2) is 0 Å². The summed E-state index contributed by atoms with van der Waals surface area (Å²) >= 11 is 0. The van der Waals surface area contributed by atoms with E-state index in [0.29, 0.717) is 24.4 Å². The normalized spacial score (nSPS) is 19.4. The third-order valence-electron chi connectivity index (χ3n) is 4.20. The number of para-hydroxylation sites is 1. The van der Waals surface area contributed by atoms with E-state index in [0.717, 1.165) is 10.1 Å². The van der Waals surface area contributed by atoms with Crippen LogP contribution in [0, 0.1) is 0 Å². The lowest BCUT2D eigenvalue weighted by Gasteiger charge is -2.33. The average molecular weight is 417 g/mol. The maximum atomic E-state index is 12.8. The second kappa shape index (κ2) is 7.48. The van der Waals surface area contributed by atoms with Gasteiger partial charge in [-0.1, -0.05) is 18.2 Å². The van der Waals surface area contributed by atoms with Gasteiger partial charge < -0.3 is 24.3 Å². The summed E-state index contributed by atoms with van der Waals surface area (Å²) in [6.45, 7) is 4.51. The highest BCUT2D eigenvalue weighted by Crippen LogP contribution is 2.64. The largest absolute Gasteiger partial charge is 0.478 e.